The third-order valence-electron chi connectivity index (χ3n) is 4.34. The van der Waals surface area contributed by atoms with Crippen molar-refractivity contribution in [1.82, 2.24) is 20.1 Å². The molecule has 27 heavy (non-hydrogen) atoms. The van der Waals surface area contributed by atoms with Crippen LogP contribution in [0.25, 0.3) is 0 Å². The molecule has 0 spiro atoms. The summed E-state index contributed by atoms with van der Waals surface area (Å²) in [6.07, 6.45) is 6.15. The van der Waals surface area contributed by atoms with Crippen LogP contribution < -0.4 is 10.6 Å². The molecular formula is C19H24ClN5OS. The molecule has 144 valence electrons. The molecule has 1 amide bonds. The first-order valence-electron chi connectivity index (χ1n) is 8.43. The number of rotatable bonds is 6. The molecule has 0 bridgehead atoms. The number of carbonyl (C=O) groups excluding carboxylic acids is 1. The van der Waals surface area contributed by atoms with E-state index in [4.69, 9.17) is 0 Å². The summed E-state index contributed by atoms with van der Waals surface area (Å²) in [4.78, 5) is 18.0. The minimum Gasteiger partial charge on any atom is -0.305 e. The second-order valence-electron chi connectivity index (χ2n) is 6.39. The second-order valence-corrected chi connectivity index (χ2v) is 7.50. The molecule has 2 N–H and O–H groups in total. The second kappa shape index (κ2) is 9.12. The molecule has 1 unspecified atom stereocenters. The van der Waals surface area contributed by atoms with E-state index in [1.807, 2.05) is 19.4 Å². The molecule has 2 heterocycles. The number of thiazole rings is 1. The normalized spacial score (nSPS) is 11.7. The maximum absolute atomic E-state index is 12.6. The molecule has 0 saturated carbocycles. The van der Waals surface area contributed by atoms with Crippen LogP contribution in [0.1, 0.15) is 33.2 Å². The average molecular weight is 406 g/mol. The van der Waals surface area contributed by atoms with Crippen LogP contribution >= 0.6 is 23.7 Å². The maximum atomic E-state index is 12.6. The van der Waals surface area contributed by atoms with Crippen molar-refractivity contribution in [3.8, 4) is 0 Å². The van der Waals surface area contributed by atoms with E-state index in [9.17, 15) is 4.79 Å². The van der Waals surface area contributed by atoms with Crippen molar-refractivity contribution < 1.29 is 4.79 Å². The van der Waals surface area contributed by atoms with Crippen LogP contribution in [0.15, 0.2) is 36.8 Å². The van der Waals surface area contributed by atoms with Gasteiger partial charge in [0, 0.05) is 36.3 Å². The van der Waals surface area contributed by atoms with E-state index in [1.54, 1.807) is 17.9 Å². The maximum Gasteiger partial charge on any atom is 0.247 e. The average Bonchev–Trinajstić information content (AvgIpc) is 3.21. The predicted molar refractivity (Wildman–Crippen MR) is 112 cm³/mol. The molecule has 0 aliphatic rings. The van der Waals surface area contributed by atoms with Crippen molar-refractivity contribution in [1.29, 1.82) is 0 Å². The van der Waals surface area contributed by atoms with Crippen LogP contribution in [-0.2, 0) is 18.3 Å². The molecule has 2 aromatic heterocycles. The van der Waals surface area contributed by atoms with E-state index < -0.39 is 6.04 Å². The molecule has 8 heteroatoms. The lowest BCUT2D eigenvalue weighted by molar-refractivity contribution is -0.118. The van der Waals surface area contributed by atoms with Crippen LogP contribution in [0.3, 0.4) is 0 Å². The highest BCUT2D eigenvalue weighted by molar-refractivity contribution is 7.15. The number of benzene rings is 1. The lowest BCUT2D eigenvalue weighted by Gasteiger charge is -2.12. The molecule has 0 aliphatic heterocycles. The van der Waals surface area contributed by atoms with Gasteiger partial charge in [-0.3, -0.25) is 9.48 Å². The number of aromatic nitrogens is 3. The number of likely N-dealkylation sites (N-methyl/N-ethyl adjacent to an activating group) is 1. The van der Waals surface area contributed by atoms with E-state index in [0.29, 0.717) is 5.13 Å². The zero-order valence-electron chi connectivity index (χ0n) is 15.8. The Morgan fingerprint density at radius 2 is 2.04 bits per heavy atom. The third-order valence-corrected chi connectivity index (χ3v) is 5.26. The molecule has 3 aromatic rings. The summed E-state index contributed by atoms with van der Waals surface area (Å²) < 4.78 is 1.68. The Hall–Kier alpha value is -2.22. The van der Waals surface area contributed by atoms with Gasteiger partial charge in [-0.15, -0.1) is 23.7 Å². The molecule has 3 rings (SSSR count). The number of carbonyl (C=O) groups is 1. The van der Waals surface area contributed by atoms with Crippen molar-refractivity contribution in [3.05, 3.63) is 63.9 Å². The number of hydrogen-bond acceptors (Lipinski definition) is 5. The standard InChI is InChI=1S/C19H23N5OS.ClH/c1-12-5-6-14(7-13(12)2)8-16-10-21-19(26-16)23-18(25)17(20-3)15-9-22-24(4)11-15;/h5-7,9-11,17,20H,8H2,1-4H3,(H,21,23,25);1H. The van der Waals surface area contributed by atoms with Crippen molar-refractivity contribution in [2.75, 3.05) is 12.4 Å². The molecule has 0 fully saturated rings. The minimum atomic E-state index is -0.462. The number of halogens is 1. The number of nitrogens with zero attached hydrogens (tertiary/aromatic N) is 3. The highest BCUT2D eigenvalue weighted by atomic mass is 35.5. The minimum absolute atomic E-state index is 0. The Balaban J connectivity index is 0.00000261. The van der Waals surface area contributed by atoms with Gasteiger partial charge < -0.3 is 10.6 Å². The fraction of sp³-hybridized carbons (Fsp3) is 0.316. The quantitative estimate of drug-likeness (QED) is 0.659. The van der Waals surface area contributed by atoms with Gasteiger partial charge in [-0.1, -0.05) is 18.2 Å². The number of hydrogen-bond donors (Lipinski definition) is 2. The van der Waals surface area contributed by atoms with Crippen LogP contribution in [0, 0.1) is 13.8 Å². The van der Waals surface area contributed by atoms with Gasteiger partial charge in [-0.05, 0) is 37.6 Å². The number of nitrogens with one attached hydrogen (secondary N) is 2. The first-order chi connectivity index (χ1) is 12.5. The van der Waals surface area contributed by atoms with Crippen molar-refractivity contribution >= 4 is 34.8 Å². The van der Waals surface area contributed by atoms with Gasteiger partial charge in [-0.25, -0.2) is 4.98 Å². The highest BCUT2D eigenvalue weighted by Gasteiger charge is 2.21. The zero-order chi connectivity index (χ0) is 18.7. The smallest absolute Gasteiger partial charge is 0.247 e. The summed E-state index contributed by atoms with van der Waals surface area (Å²) in [5.41, 5.74) is 4.64. The van der Waals surface area contributed by atoms with Crippen molar-refractivity contribution in [3.63, 3.8) is 0 Å². The van der Waals surface area contributed by atoms with Gasteiger partial charge in [0.05, 0.1) is 6.20 Å². The molecular weight excluding hydrogens is 382 g/mol. The van der Waals surface area contributed by atoms with E-state index in [0.717, 1.165) is 16.9 Å². The van der Waals surface area contributed by atoms with Gasteiger partial charge in [0.2, 0.25) is 5.91 Å². The van der Waals surface area contributed by atoms with Gasteiger partial charge in [0.25, 0.3) is 0 Å². The fourth-order valence-corrected chi connectivity index (χ4v) is 3.63. The first kappa shape index (κ1) is 21.1. The monoisotopic (exact) mass is 405 g/mol. The summed E-state index contributed by atoms with van der Waals surface area (Å²) in [6, 6.07) is 6.02. The fourth-order valence-electron chi connectivity index (χ4n) is 2.78. The van der Waals surface area contributed by atoms with E-state index in [1.165, 1.54) is 28.0 Å². The van der Waals surface area contributed by atoms with Crippen molar-refractivity contribution in [2.45, 2.75) is 26.3 Å². The summed E-state index contributed by atoms with van der Waals surface area (Å²) >= 11 is 1.50. The summed E-state index contributed by atoms with van der Waals surface area (Å²) in [5, 5.41) is 10.6. The van der Waals surface area contributed by atoms with Crippen LogP contribution in [-0.4, -0.2) is 27.7 Å². The SMILES string of the molecule is CNC(C(=O)Nc1ncc(Cc2ccc(C)c(C)c2)s1)c1cnn(C)c1.Cl. The Morgan fingerprint density at radius 1 is 1.26 bits per heavy atom. The largest absolute Gasteiger partial charge is 0.305 e. The number of amides is 1. The summed E-state index contributed by atoms with van der Waals surface area (Å²) in [5.74, 6) is -0.146. The number of anilines is 1. The molecule has 6 nitrogen and oxygen atoms in total. The van der Waals surface area contributed by atoms with Crippen molar-refractivity contribution in [2.24, 2.45) is 7.05 Å². The molecule has 1 aromatic carbocycles. The van der Waals surface area contributed by atoms with Crippen LogP contribution in [0.5, 0.6) is 0 Å². The lowest BCUT2D eigenvalue weighted by atomic mass is 10.0. The van der Waals surface area contributed by atoms with Gasteiger partial charge >= 0.3 is 0 Å². The van der Waals surface area contributed by atoms with E-state index in [2.05, 4.69) is 52.8 Å². The Bertz CT molecular complexity index is 920. The zero-order valence-corrected chi connectivity index (χ0v) is 17.4. The summed E-state index contributed by atoms with van der Waals surface area (Å²) in [6.45, 7) is 4.23. The highest BCUT2D eigenvalue weighted by Crippen LogP contribution is 2.23. The van der Waals surface area contributed by atoms with Gasteiger partial charge in [0.15, 0.2) is 5.13 Å². The Kier molecular flexibility index (Phi) is 7.12. The lowest BCUT2D eigenvalue weighted by Crippen LogP contribution is -2.30. The molecule has 1 atom stereocenters. The van der Waals surface area contributed by atoms with Crippen LogP contribution in [0.4, 0.5) is 5.13 Å². The summed E-state index contributed by atoms with van der Waals surface area (Å²) in [7, 11) is 3.58. The molecule has 0 aliphatic carbocycles. The number of aryl methyl sites for hydroxylation is 3. The van der Waals surface area contributed by atoms with Gasteiger partial charge in [0.1, 0.15) is 6.04 Å². The van der Waals surface area contributed by atoms with Crippen LogP contribution in [0.2, 0.25) is 0 Å². The van der Waals surface area contributed by atoms with Gasteiger partial charge in [-0.2, -0.15) is 5.10 Å². The first-order valence-corrected chi connectivity index (χ1v) is 9.25. The van der Waals surface area contributed by atoms with E-state index >= 15 is 0 Å². The topological polar surface area (TPSA) is 71.8 Å². The third kappa shape index (κ3) is 5.15. The molecule has 0 saturated heterocycles. The van der Waals surface area contributed by atoms with E-state index in [-0.39, 0.29) is 18.3 Å². The molecule has 0 radical (unpaired) electrons. The predicted octanol–water partition coefficient (Wildman–Crippen LogP) is 3.41. The Labute approximate surface area is 169 Å². The Morgan fingerprint density at radius 3 is 2.67 bits per heavy atom.